The Labute approximate surface area is 109 Å². The summed E-state index contributed by atoms with van der Waals surface area (Å²) in [5.74, 6) is -0.287. The van der Waals surface area contributed by atoms with Crippen molar-refractivity contribution in [3.8, 4) is 5.75 Å². The third-order valence-corrected chi connectivity index (χ3v) is 3.46. The fraction of sp³-hybridized carbons (Fsp3) is 0.385. The zero-order valence-corrected chi connectivity index (χ0v) is 10.4. The molecule has 0 atom stereocenters. The van der Waals surface area contributed by atoms with Crippen LogP contribution in [-0.2, 0) is 6.54 Å². The molecule has 19 heavy (non-hydrogen) atoms. The van der Waals surface area contributed by atoms with Gasteiger partial charge in [0.1, 0.15) is 11.6 Å². The summed E-state index contributed by atoms with van der Waals surface area (Å²) in [4.78, 5) is 17.6. The molecule has 2 aromatic rings. The maximum absolute atomic E-state index is 11.2. The summed E-state index contributed by atoms with van der Waals surface area (Å²) in [6.45, 7) is 2.63. The zero-order chi connectivity index (χ0) is 13.4. The van der Waals surface area contributed by atoms with E-state index < -0.39 is 5.97 Å². The summed E-state index contributed by atoms with van der Waals surface area (Å²) in [7, 11) is 0. The monoisotopic (exact) mass is 261 g/mol. The first kappa shape index (κ1) is 12.0. The van der Waals surface area contributed by atoms with Crippen molar-refractivity contribution >= 4 is 11.5 Å². The van der Waals surface area contributed by atoms with Gasteiger partial charge in [-0.1, -0.05) is 0 Å². The van der Waals surface area contributed by atoms with Crippen molar-refractivity contribution in [2.45, 2.75) is 19.4 Å². The van der Waals surface area contributed by atoms with Gasteiger partial charge < -0.3 is 10.2 Å². The maximum atomic E-state index is 11.2. The number of hydrogen-bond acceptors (Lipinski definition) is 4. The highest BCUT2D eigenvalue weighted by atomic mass is 16.4. The van der Waals surface area contributed by atoms with Crippen LogP contribution in [0.2, 0.25) is 0 Å². The Balaban J connectivity index is 2.06. The lowest BCUT2D eigenvalue weighted by Gasteiger charge is -2.13. The summed E-state index contributed by atoms with van der Waals surface area (Å²) in [6.07, 6.45) is 3.85. The largest absolute Gasteiger partial charge is 0.506 e. The lowest BCUT2D eigenvalue weighted by molar-refractivity contribution is 0.0693. The van der Waals surface area contributed by atoms with Gasteiger partial charge in [-0.25, -0.2) is 9.78 Å². The molecule has 6 nitrogen and oxygen atoms in total. The number of likely N-dealkylation sites (tertiary alicyclic amines) is 1. The van der Waals surface area contributed by atoms with Gasteiger partial charge >= 0.3 is 5.97 Å². The smallest absolute Gasteiger partial charge is 0.356 e. The Morgan fingerprint density at radius 2 is 2.05 bits per heavy atom. The standard InChI is InChI=1S/C13H15N3O3/c17-9-3-4-10-12(13(18)19)14-11(16(10)7-9)8-15-5-1-2-6-15/h3-4,7,17H,1-2,5-6,8H2,(H,18,19). The first-order valence-electron chi connectivity index (χ1n) is 6.31. The van der Waals surface area contributed by atoms with Crippen LogP contribution in [0.25, 0.3) is 5.52 Å². The van der Waals surface area contributed by atoms with Crippen molar-refractivity contribution in [2.75, 3.05) is 13.1 Å². The summed E-state index contributed by atoms with van der Waals surface area (Å²) in [5, 5.41) is 18.7. The molecular formula is C13H15N3O3. The van der Waals surface area contributed by atoms with Crippen molar-refractivity contribution in [1.29, 1.82) is 0 Å². The van der Waals surface area contributed by atoms with Gasteiger partial charge in [0.15, 0.2) is 5.69 Å². The molecule has 0 bridgehead atoms. The van der Waals surface area contributed by atoms with E-state index in [0.29, 0.717) is 17.9 Å². The molecule has 0 aromatic carbocycles. The fourth-order valence-electron chi connectivity index (χ4n) is 2.55. The van der Waals surface area contributed by atoms with E-state index in [4.69, 9.17) is 0 Å². The van der Waals surface area contributed by atoms with Crippen LogP contribution >= 0.6 is 0 Å². The number of imidazole rings is 1. The molecule has 3 rings (SSSR count). The van der Waals surface area contributed by atoms with Crippen molar-refractivity contribution < 1.29 is 15.0 Å². The Morgan fingerprint density at radius 3 is 2.74 bits per heavy atom. The average Bonchev–Trinajstić information content (AvgIpc) is 2.98. The molecule has 0 aliphatic carbocycles. The minimum absolute atomic E-state index is 0.0363. The Morgan fingerprint density at radius 1 is 1.32 bits per heavy atom. The molecule has 2 aromatic heterocycles. The number of carboxylic acid groups (broad SMARTS) is 1. The van der Waals surface area contributed by atoms with Gasteiger partial charge in [0.2, 0.25) is 0 Å². The molecule has 1 aliphatic heterocycles. The van der Waals surface area contributed by atoms with E-state index in [9.17, 15) is 15.0 Å². The highest BCUT2D eigenvalue weighted by molar-refractivity contribution is 5.93. The summed E-state index contributed by atoms with van der Waals surface area (Å²) >= 11 is 0. The van der Waals surface area contributed by atoms with E-state index in [1.54, 1.807) is 10.5 Å². The number of aromatic hydroxyl groups is 1. The van der Waals surface area contributed by atoms with Crippen molar-refractivity contribution in [3.63, 3.8) is 0 Å². The van der Waals surface area contributed by atoms with Gasteiger partial charge in [0.25, 0.3) is 0 Å². The molecule has 1 fully saturated rings. The van der Waals surface area contributed by atoms with Gasteiger partial charge in [-0.2, -0.15) is 0 Å². The Hall–Kier alpha value is -2.08. The van der Waals surface area contributed by atoms with E-state index in [0.717, 1.165) is 13.1 Å². The minimum Gasteiger partial charge on any atom is -0.506 e. The molecule has 100 valence electrons. The number of carboxylic acids is 1. The van der Waals surface area contributed by atoms with Gasteiger partial charge in [0.05, 0.1) is 18.3 Å². The highest BCUT2D eigenvalue weighted by Gasteiger charge is 2.20. The molecule has 1 saturated heterocycles. The minimum atomic E-state index is -1.05. The number of hydrogen-bond donors (Lipinski definition) is 2. The van der Waals surface area contributed by atoms with Crippen molar-refractivity contribution in [2.24, 2.45) is 0 Å². The Kier molecular flexibility index (Phi) is 2.87. The van der Waals surface area contributed by atoms with Crippen molar-refractivity contribution in [1.82, 2.24) is 14.3 Å². The maximum Gasteiger partial charge on any atom is 0.356 e. The third kappa shape index (κ3) is 2.15. The second kappa shape index (κ2) is 4.55. The van der Waals surface area contributed by atoms with Crippen LogP contribution < -0.4 is 0 Å². The molecule has 0 spiro atoms. The van der Waals surface area contributed by atoms with Crippen molar-refractivity contribution in [3.05, 3.63) is 29.8 Å². The van der Waals surface area contributed by atoms with Crippen LogP contribution in [0, 0.1) is 0 Å². The molecule has 0 amide bonds. The van der Waals surface area contributed by atoms with Gasteiger partial charge in [0, 0.05) is 0 Å². The van der Waals surface area contributed by atoms with Gasteiger partial charge in [-0.15, -0.1) is 0 Å². The topological polar surface area (TPSA) is 78.1 Å². The molecule has 0 radical (unpaired) electrons. The molecular weight excluding hydrogens is 246 g/mol. The first-order chi connectivity index (χ1) is 9.15. The first-order valence-corrected chi connectivity index (χ1v) is 6.31. The molecule has 1 aliphatic rings. The predicted octanol–water partition coefficient (Wildman–Crippen LogP) is 1.33. The summed E-state index contributed by atoms with van der Waals surface area (Å²) in [5.41, 5.74) is 0.550. The van der Waals surface area contributed by atoms with E-state index in [2.05, 4.69) is 9.88 Å². The van der Waals surface area contributed by atoms with Crippen LogP contribution in [0.1, 0.15) is 29.2 Å². The van der Waals surface area contributed by atoms with Crippen LogP contribution in [0.4, 0.5) is 0 Å². The summed E-state index contributed by atoms with van der Waals surface area (Å²) in [6, 6.07) is 3.06. The number of aromatic nitrogens is 2. The zero-order valence-electron chi connectivity index (χ0n) is 10.4. The quantitative estimate of drug-likeness (QED) is 0.871. The predicted molar refractivity (Wildman–Crippen MR) is 68.3 cm³/mol. The average molecular weight is 261 g/mol. The second-order valence-corrected chi connectivity index (χ2v) is 4.81. The fourth-order valence-corrected chi connectivity index (χ4v) is 2.55. The van der Waals surface area contributed by atoms with Crippen LogP contribution in [-0.4, -0.2) is 43.6 Å². The molecule has 6 heteroatoms. The lowest BCUT2D eigenvalue weighted by atomic mass is 10.3. The number of fused-ring (bicyclic) bond motifs is 1. The highest BCUT2D eigenvalue weighted by Crippen LogP contribution is 2.20. The number of rotatable bonds is 3. The molecule has 0 unspecified atom stereocenters. The van der Waals surface area contributed by atoms with E-state index in [-0.39, 0.29) is 11.4 Å². The molecule has 3 heterocycles. The number of aromatic carboxylic acids is 1. The second-order valence-electron chi connectivity index (χ2n) is 4.81. The normalized spacial score (nSPS) is 16.2. The van der Waals surface area contributed by atoms with E-state index >= 15 is 0 Å². The summed E-state index contributed by atoms with van der Waals surface area (Å²) < 4.78 is 1.66. The van der Waals surface area contributed by atoms with Crippen LogP contribution in [0.5, 0.6) is 5.75 Å². The number of pyridine rings is 1. The third-order valence-electron chi connectivity index (χ3n) is 3.46. The Bertz CT molecular complexity index is 629. The lowest BCUT2D eigenvalue weighted by Crippen LogP contribution is -2.20. The van der Waals surface area contributed by atoms with Gasteiger partial charge in [-0.05, 0) is 38.1 Å². The molecule has 2 N–H and O–H groups in total. The van der Waals surface area contributed by atoms with Crippen LogP contribution in [0.3, 0.4) is 0 Å². The SMILES string of the molecule is O=C(O)c1nc(CN2CCCC2)n2cc(O)ccc12. The van der Waals surface area contributed by atoms with Crippen LogP contribution in [0.15, 0.2) is 18.3 Å². The van der Waals surface area contributed by atoms with E-state index in [1.807, 2.05) is 0 Å². The number of carbonyl (C=O) groups is 1. The van der Waals surface area contributed by atoms with E-state index in [1.165, 1.54) is 25.1 Å². The number of nitrogens with zero attached hydrogens (tertiary/aromatic N) is 3. The molecule has 0 saturated carbocycles. The van der Waals surface area contributed by atoms with Gasteiger partial charge in [-0.3, -0.25) is 9.30 Å².